The second-order valence-electron chi connectivity index (χ2n) is 5.32. The molecule has 1 aliphatic carbocycles. The van der Waals surface area contributed by atoms with Crippen molar-refractivity contribution in [3.63, 3.8) is 0 Å². The first-order chi connectivity index (χ1) is 9.42. The van der Waals surface area contributed by atoms with Gasteiger partial charge in [-0.15, -0.1) is 0 Å². The SMILES string of the molecule is CCC1CCCC(NC(=O)N[C@@H](CC(N)=O)C(=O)O)C1. The number of amides is 3. The summed E-state index contributed by atoms with van der Waals surface area (Å²) in [7, 11) is 0. The molecule has 0 spiro atoms. The van der Waals surface area contributed by atoms with E-state index in [1.54, 1.807) is 0 Å². The normalized spacial score (nSPS) is 23.6. The Bertz CT molecular complexity index is 373. The van der Waals surface area contributed by atoms with Gasteiger partial charge in [-0.2, -0.15) is 0 Å². The van der Waals surface area contributed by atoms with Gasteiger partial charge in [-0.1, -0.05) is 26.2 Å². The van der Waals surface area contributed by atoms with E-state index in [2.05, 4.69) is 17.6 Å². The third-order valence-electron chi connectivity index (χ3n) is 3.70. The molecule has 1 aliphatic rings. The van der Waals surface area contributed by atoms with E-state index >= 15 is 0 Å². The molecule has 0 heterocycles. The van der Waals surface area contributed by atoms with Gasteiger partial charge < -0.3 is 21.5 Å². The monoisotopic (exact) mass is 285 g/mol. The fourth-order valence-corrected chi connectivity index (χ4v) is 2.58. The molecule has 114 valence electrons. The van der Waals surface area contributed by atoms with Gasteiger partial charge in [0.15, 0.2) is 0 Å². The predicted octanol–water partition coefficient (Wildman–Crippen LogP) is 0.583. The minimum absolute atomic E-state index is 0.0664. The first-order valence-corrected chi connectivity index (χ1v) is 7.00. The topological polar surface area (TPSA) is 122 Å². The van der Waals surface area contributed by atoms with Crippen molar-refractivity contribution < 1.29 is 19.5 Å². The van der Waals surface area contributed by atoms with Crippen LogP contribution in [0.2, 0.25) is 0 Å². The lowest BCUT2D eigenvalue weighted by Crippen LogP contribution is -2.50. The van der Waals surface area contributed by atoms with Crippen molar-refractivity contribution in [1.82, 2.24) is 10.6 Å². The van der Waals surface area contributed by atoms with E-state index in [4.69, 9.17) is 10.8 Å². The molecule has 0 radical (unpaired) electrons. The standard InChI is InChI=1S/C13H23N3O4/c1-2-8-4-3-5-9(6-8)15-13(20)16-10(12(18)19)7-11(14)17/h8-10H,2-7H2,1H3,(H2,14,17)(H,18,19)(H2,15,16,20)/t8?,9?,10-/m0/s1. The molecule has 7 heteroatoms. The van der Waals surface area contributed by atoms with Crippen molar-refractivity contribution >= 4 is 17.9 Å². The van der Waals surface area contributed by atoms with Gasteiger partial charge in [-0.25, -0.2) is 9.59 Å². The molecule has 5 N–H and O–H groups in total. The molecule has 1 rings (SSSR count). The number of urea groups is 1. The Labute approximate surface area is 118 Å². The van der Waals surface area contributed by atoms with Crippen LogP contribution in [-0.2, 0) is 9.59 Å². The van der Waals surface area contributed by atoms with E-state index in [-0.39, 0.29) is 6.04 Å². The van der Waals surface area contributed by atoms with Crippen LogP contribution in [0.1, 0.15) is 45.4 Å². The quantitative estimate of drug-likeness (QED) is 0.570. The Hall–Kier alpha value is -1.79. The van der Waals surface area contributed by atoms with E-state index in [0.717, 1.165) is 25.7 Å². The number of primary amides is 1. The zero-order chi connectivity index (χ0) is 15.1. The first kappa shape index (κ1) is 16.3. The number of hydrogen-bond acceptors (Lipinski definition) is 3. The molecule has 2 unspecified atom stereocenters. The van der Waals surface area contributed by atoms with Crippen LogP contribution in [-0.4, -0.2) is 35.1 Å². The number of aliphatic carboxylic acids is 1. The Balaban J connectivity index is 2.44. The number of carbonyl (C=O) groups is 3. The van der Waals surface area contributed by atoms with E-state index in [1.165, 1.54) is 6.42 Å². The molecule has 3 amide bonds. The minimum Gasteiger partial charge on any atom is -0.480 e. The van der Waals surface area contributed by atoms with Gasteiger partial charge in [0.25, 0.3) is 0 Å². The maximum atomic E-state index is 11.8. The molecule has 0 aromatic heterocycles. The molecular formula is C13H23N3O4. The number of rotatable bonds is 6. The van der Waals surface area contributed by atoms with E-state index in [1.807, 2.05) is 0 Å². The fraction of sp³-hybridized carbons (Fsp3) is 0.769. The molecule has 0 saturated heterocycles. The first-order valence-electron chi connectivity index (χ1n) is 7.00. The molecule has 0 bridgehead atoms. The van der Waals surface area contributed by atoms with Gasteiger partial charge in [-0.05, 0) is 18.8 Å². The number of nitrogens with one attached hydrogen (secondary N) is 2. The fourth-order valence-electron chi connectivity index (χ4n) is 2.58. The van der Waals surface area contributed by atoms with E-state index < -0.39 is 30.4 Å². The third kappa shape index (κ3) is 5.46. The van der Waals surface area contributed by atoms with Crippen LogP contribution in [0.5, 0.6) is 0 Å². The predicted molar refractivity (Wildman–Crippen MR) is 72.9 cm³/mol. The van der Waals surface area contributed by atoms with Crippen molar-refractivity contribution in [3.8, 4) is 0 Å². The van der Waals surface area contributed by atoms with Crippen LogP contribution in [0.4, 0.5) is 4.79 Å². The van der Waals surface area contributed by atoms with Crippen LogP contribution in [0.15, 0.2) is 0 Å². The highest BCUT2D eigenvalue weighted by Gasteiger charge is 2.25. The van der Waals surface area contributed by atoms with Crippen LogP contribution in [0.25, 0.3) is 0 Å². The number of carboxylic acid groups (broad SMARTS) is 1. The van der Waals surface area contributed by atoms with E-state index in [0.29, 0.717) is 5.92 Å². The van der Waals surface area contributed by atoms with Gasteiger partial charge in [-0.3, -0.25) is 4.79 Å². The lowest BCUT2D eigenvalue weighted by atomic mass is 9.84. The summed E-state index contributed by atoms with van der Waals surface area (Å²) in [6.07, 6.45) is 4.72. The second kappa shape index (κ2) is 7.72. The average molecular weight is 285 g/mol. The Morgan fingerprint density at radius 2 is 2.05 bits per heavy atom. The van der Waals surface area contributed by atoms with Crippen molar-refractivity contribution in [2.24, 2.45) is 11.7 Å². The summed E-state index contributed by atoms with van der Waals surface area (Å²) in [5.41, 5.74) is 4.95. The number of carbonyl (C=O) groups excluding carboxylic acids is 2. The molecule has 1 fully saturated rings. The average Bonchev–Trinajstić information content (AvgIpc) is 2.37. The number of carboxylic acids is 1. The Kier molecular flexibility index (Phi) is 6.27. The third-order valence-corrected chi connectivity index (χ3v) is 3.70. The van der Waals surface area contributed by atoms with Gasteiger partial charge >= 0.3 is 12.0 Å². The molecule has 7 nitrogen and oxygen atoms in total. The van der Waals surface area contributed by atoms with Gasteiger partial charge in [0.2, 0.25) is 5.91 Å². The zero-order valence-corrected chi connectivity index (χ0v) is 11.7. The van der Waals surface area contributed by atoms with Crippen molar-refractivity contribution in [3.05, 3.63) is 0 Å². The summed E-state index contributed by atoms with van der Waals surface area (Å²) >= 11 is 0. The molecule has 0 aliphatic heterocycles. The number of nitrogens with two attached hydrogens (primary N) is 1. The van der Waals surface area contributed by atoms with Crippen LogP contribution in [0.3, 0.4) is 0 Å². The summed E-state index contributed by atoms with van der Waals surface area (Å²) in [4.78, 5) is 33.4. The highest BCUT2D eigenvalue weighted by atomic mass is 16.4. The maximum Gasteiger partial charge on any atom is 0.326 e. The van der Waals surface area contributed by atoms with Crippen molar-refractivity contribution in [1.29, 1.82) is 0 Å². The molecule has 0 aromatic rings. The molecule has 20 heavy (non-hydrogen) atoms. The maximum absolute atomic E-state index is 11.8. The smallest absolute Gasteiger partial charge is 0.326 e. The summed E-state index contributed by atoms with van der Waals surface area (Å²) in [5, 5.41) is 14.0. The Morgan fingerprint density at radius 1 is 1.35 bits per heavy atom. The largest absolute Gasteiger partial charge is 0.480 e. The van der Waals surface area contributed by atoms with Crippen LogP contribution >= 0.6 is 0 Å². The molecule has 3 atom stereocenters. The van der Waals surface area contributed by atoms with Crippen molar-refractivity contribution in [2.45, 2.75) is 57.5 Å². The molecule has 0 aromatic carbocycles. The molecular weight excluding hydrogens is 262 g/mol. The van der Waals surface area contributed by atoms with Crippen molar-refractivity contribution in [2.75, 3.05) is 0 Å². The summed E-state index contributed by atoms with van der Waals surface area (Å²) < 4.78 is 0. The molecule has 1 saturated carbocycles. The minimum atomic E-state index is -1.28. The van der Waals surface area contributed by atoms with Crippen LogP contribution in [0, 0.1) is 5.92 Å². The second-order valence-corrected chi connectivity index (χ2v) is 5.32. The summed E-state index contributed by atoms with van der Waals surface area (Å²) in [6.45, 7) is 2.13. The highest BCUT2D eigenvalue weighted by Crippen LogP contribution is 2.26. The summed E-state index contributed by atoms with van der Waals surface area (Å²) in [6, 6.07) is -1.77. The zero-order valence-electron chi connectivity index (χ0n) is 11.7. The highest BCUT2D eigenvalue weighted by molar-refractivity contribution is 5.87. The lowest BCUT2D eigenvalue weighted by molar-refractivity contribution is -0.140. The van der Waals surface area contributed by atoms with Gasteiger partial charge in [0, 0.05) is 6.04 Å². The van der Waals surface area contributed by atoms with Gasteiger partial charge in [0.1, 0.15) is 6.04 Å². The van der Waals surface area contributed by atoms with E-state index in [9.17, 15) is 14.4 Å². The Morgan fingerprint density at radius 3 is 2.60 bits per heavy atom. The van der Waals surface area contributed by atoms with Gasteiger partial charge in [0.05, 0.1) is 6.42 Å². The lowest BCUT2D eigenvalue weighted by Gasteiger charge is -2.29. The summed E-state index contributed by atoms with van der Waals surface area (Å²) in [5.74, 6) is -1.43. The van der Waals surface area contributed by atoms with Crippen LogP contribution < -0.4 is 16.4 Å². The number of hydrogen-bond donors (Lipinski definition) is 4.